The Labute approximate surface area is 83.2 Å². The Balaban J connectivity index is 2.78. The van der Waals surface area contributed by atoms with E-state index >= 15 is 0 Å². The maximum Gasteiger partial charge on any atom is 0.161 e. The van der Waals surface area contributed by atoms with Crippen LogP contribution in [-0.4, -0.2) is 10.2 Å². The van der Waals surface area contributed by atoms with Gasteiger partial charge in [0.25, 0.3) is 0 Å². The lowest BCUT2D eigenvalue weighted by atomic mass is 10.1. The smallest absolute Gasteiger partial charge is 0.161 e. The summed E-state index contributed by atoms with van der Waals surface area (Å²) in [6, 6.07) is 6.01. The fraction of sp³-hybridized carbons (Fsp3) is 0.250. The Morgan fingerprint density at radius 3 is 2.86 bits per heavy atom. The van der Waals surface area contributed by atoms with Crippen LogP contribution >= 0.6 is 0 Å². The third-order valence-electron chi connectivity index (χ3n) is 2.53. The predicted molar refractivity (Wildman–Crippen MR) is 56.8 cm³/mol. The molecule has 0 aliphatic rings. The summed E-state index contributed by atoms with van der Waals surface area (Å²) in [5.74, 6) is 0.144. The highest BCUT2D eigenvalue weighted by molar-refractivity contribution is 5.97. The molecular weight excluding hydrogens is 174 g/mol. The monoisotopic (exact) mass is 187 g/mol. The highest BCUT2D eigenvalue weighted by Gasteiger charge is 2.11. The summed E-state index contributed by atoms with van der Waals surface area (Å²) in [4.78, 5) is 11.4. The molecule has 0 bridgehead atoms. The number of hydrogen-bond acceptors (Lipinski definition) is 1. The van der Waals surface area contributed by atoms with Crippen molar-refractivity contribution in [2.75, 3.05) is 0 Å². The molecule has 0 aromatic carbocycles. The molecule has 0 saturated carbocycles. The number of ketones is 1. The van der Waals surface area contributed by atoms with Crippen molar-refractivity contribution in [2.45, 2.75) is 20.3 Å². The average Bonchev–Trinajstić information content (AvgIpc) is 2.56. The van der Waals surface area contributed by atoms with Crippen LogP contribution in [0.5, 0.6) is 0 Å². The molecule has 2 aromatic rings. The molecule has 0 saturated heterocycles. The van der Waals surface area contributed by atoms with Gasteiger partial charge in [-0.3, -0.25) is 4.79 Å². The molecule has 2 aromatic heterocycles. The molecule has 0 unspecified atom stereocenters. The van der Waals surface area contributed by atoms with Crippen molar-refractivity contribution in [3.63, 3.8) is 0 Å². The van der Waals surface area contributed by atoms with Gasteiger partial charge in [-0.1, -0.05) is 13.0 Å². The van der Waals surface area contributed by atoms with Crippen LogP contribution in [0.1, 0.15) is 29.8 Å². The van der Waals surface area contributed by atoms with E-state index in [1.807, 2.05) is 35.0 Å². The van der Waals surface area contributed by atoms with Gasteiger partial charge < -0.3 is 4.40 Å². The maximum absolute atomic E-state index is 11.4. The molecule has 0 amide bonds. The lowest BCUT2D eigenvalue weighted by Crippen LogP contribution is -1.93. The van der Waals surface area contributed by atoms with Crippen molar-refractivity contribution < 1.29 is 4.79 Å². The van der Waals surface area contributed by atoms with Crippen LogP contribution in [0.25, 0.3) is 5.52 Å². The fourth-order valence-electron chi connectivity index (χ4n) is 1.85. The van der Waals surface area contributed by atoms with Crippen LogP contribution in [-0.2, 0) is 6.42 Å². The first-order valence-electron chi connectivity index (χ1n) is 4.83. The molecule has 2 nitrogen and oxygen atoms in total. The number of aryl methyl sites for hydroxylation is 1. The second-order valence-corrected chi connectivity index (χ2v) is 3.42. The Morgan fingerprint density at radius 1 is 1.43 bits per heavy atom. The number of aromatic nitrogens is 1. The van der Waals surface area contributed by atoms with E-state index in [0.717, 1.165) is 23.1 Å². The highest BCUT2D eigenvalue weighted by atomic mass is 16.1. The molecule has 0 spiro atoms. The summed E-state index contributed by atoms with van der Waals surface area (Å²) >= 11 is 0. The molecular formula is C12H13NO. The van der Waals surface area contributed by atoms with E-state index in [-0.39, 0.29) is 5.78 Å². The van der Waals surface area contributed by atoms with Gasteiger partial charge in [0.1, 0.15) is 0 Å². The largest absolute Gasteiger partial charge is 0.323 e. The number of pyridine rings is 1. The first-order valence-corrected chi connectivity index (χ1v) is 4.83. The standard InChI is InChI=1S/C12H13NO/c1-3-10-11(9(2)14)8-13-7-5-4-6-12(10)13/h4-8H,3H2,1-2H3. The third kappa shape index (κ3) is 1.23. The predicted octanol–water partition coefficient (Wildman–Crippen LogP) is 2.70. The summed E-state index contributed by atoms with van der Waals surface area (Å²) in [5.41, 5.74) is 3.14. The van der Waals surface area contributed by atoms with E-state index in [4.69, 9.17) is 0 Å². The van der Waals surface area contributed by atoms with Crippen molar-refractivity contribution in [1.29, 1.82) is 0 Å². The van der Waals surface area contributed by atoms with Crippen LogP contribution in [0.4, 0.5) is 0 Å². The van der Waals surface area contributed by atoms with E-state index in [1.54, 1.807) is 6.92 Å². The Hall–Kier alpha value is -1.57. The lowest BCUT2D eigenvalue weighted by Gasteiger charge is -1.96. The van der Waals surface area contributed by atoms with Crippen molar-refractivity contribution in [1.82, 2.24) is 4.40 Å². The van der Waals surface area contributed by atoms with Gasteiger partial charge in [0.2, 0.25) is 0 Å². The molecule has 0 fully saturated rings. The number of rotatable bonds is 2. The maximum atomic E-state index is 11.4. The van der Waals surface area contributed by atoms with Crippen LogP contribution in [0.15, 0.2) is 30.6 Å². The van der Waals surface area contributed by atoms with Crippen LogP contribution in [0.3, 0.4) is 0 Å². The van der Waals surface area contributed by atoms with E-state index in [2.05, 4.69) is 6.92 Å². The van der Waals surface area contributed by atoms with Crippen LogP contribution in [0, 0.1) is 0 Å². The fourth-order valence-corrected chi connectivity index (χ4v) is 1.85. The molecule has 2 heteroatoms. The zero-order valence-corrected chi connectivity index (χ0v) is 8.45. The summed E-state index contributed by atoms with van der Waals surface area (Å²) < 4.78 is 2.01. The zero-order valence-electron chi connectivity index (χ0n) is 8.45. The Bertz CT molecular complexity index is 482. The topological polar surface area (TPSA) is 21.5 Å². The summed E-state index contributed by atoms with van der Waals surface area (Å²) in [6.07, 6.45) is 4.78. The van der Waals surface area contributed by atoms with E-state index < -0.39 is 0 Å². The number of hydrogen-bond donors (Lipinski definition) is 0. The first kappa shape index (κ1) is 9.00. The van der Waals surface area contributed by atoms with E-state index in [0.29, 0.717) is 0 Å². The van der Waals surface area contributed by atoms with Gasteiger partial charge in [0.05, 0.1) is 0 Å². The molecule has 0 aliphatic carbocycles. The van der Waals surface area contributed by atoms with Gasteiger partial charge in [-0.05, 0) is 31.0 Å². The van der Waals surface area contributed by atoms with E-state index in [9.17, 15) is 4.79 Å². The summed E-state index contributed by atoms with van der Waals surface area (Å²) in [5, 5.41) is 0. The quantitative estimate of drug-likeness (QED) is 0.662. The minimum atomic E-state index is 0.144. The van der Waals surface area contributed by atoms with Crippen LogP contribution in [0.2, 0.25) is 0 Å². The van der Waals surface area contributed by atoms with Crippen molar-refractivity contribution in [2.24, 2.45) is 0 Å². The number of nitrogens with zero attached hydrogens (tertiary/aromatic N) is 1. The van der Waals surface area contributed by atoms with E-state index in [1.165, 1.54) is 0 Å². The molecule has 0 radical (unpaired) electrons. The van der Waals surface area contributed by atoms with Crippen LogP contribution < -0.4 is 0 Å². The lowest BCUT2D eigenvalue weighted by molar-refractivity contribution is 0.101. The van der Waals surface area contributed by atoms with Gasteiger partial charge in [-0.15, -0.1) is 0 Å². The molecule has 72 valence electrons. The van der Waals surface area contributed by atoms with Gasteiger partial charge in [-0.25, -0.2) is 0 Å². The summed E-state index contributed by atoms with van der Waals surface area (Å²) in [6.45, 7) is 3.70. The van der Waals surface area contributed by atoms with Crippen molar-refractivity contribution in [3.05, 3.63) is 41.7 Å². The van der Waals surface area contributed by atoms with Gasteiger partial charge in [0, 0.05) is 23.5 Å². The molecule has 0 aliphatic heterocycles. The second kappa shape index (κ2) is 3.29. The SMILES string of the molecule is CCc1c(C(C)=O)cn2ccccc12. The molecule has 2 heterocycles. The van der Waals surface area contributed by atoms with Crippen molar-refractivity contribution >= 4 is 11.3 Å². The molecule has 2 rings (SSSR count). The summed E-state index contributed by atoms with van der Waals surface area (Å²) in [7, 11) is 0. The normalized spacial score (nSPS) is 10.7. The minimum Gasteiger partial charge on any atom is -0.323 e. The van der Waals surface area contributed by atoms with Crippen molar-refractivity contribution in [3.8, 4) is 0 Å². The average molecular weight is 187 g/mol. The Kier molecular flexibility index (Phi) is 2.12. The number of carbonyl (C=O) groups is 1. The third-order valence-corrected chi connectivity index (χ3v) is 2.53. The molecule has 0 N–H and O–H groups in total. The molecule has 14 heavy (non-hydrogen) atoms. The van der Waals surface area contributed by atoms with Gasteiger partial charge in [0.15, 0.2) is 5.78 Å². The number of carbonyl (C=O) groups excluding carboxylic acids is 1. The number of fused-ring (bicyclic) bond motifs is 1. The first-order chi connectivity index (χ1) is 6.74. The zero-order chi connectivity index (χ0) is 10.1. The number of Topliss-reactive ketones (excluding diaryl/α,β-unsaturated/α-hetero) is 1. The highest BCUT2D eigenvalue weighted by Crippen LogP contribution is 2.19. The van der Waals surface area contributed by atoms with Gasteiger partial charge >= 0.3 is 0 Å². The Morgan fingerprint density at radius 2 is 2.21 bits per heavy atom. The van der Waals surface area contributed by atoms with Gasteiger partial charge in [-0.2, -0.15) is 0 Å². The second-order valence-electron chi connectivity index (χ2n) is 3.42. The molecule has 0 atom stereocenters. The minimum absolute atomic E-state index is 0.144.